The van der Waals surface area contributed by atoms with Crippen molar-refractivity contribution < 1.29 is 24.4 Å². The average molecular weight is 345 g/mol. The Hall–Kier alpha value is -3.62. The van der Waals surface area contributed by atoms with E-state index < -0.39 is 16.7 Å². The number of aryl methyl sites for hydroxylation is 1. The van der Waals surface area contributed by atoms with E-state index >= 15 is 0 Å². The number of methoxy groups -OCH3 is 1. The summed E-state index contributed by atoms with van der Waals surface area (Å²) in [6.45, 7) is 1.76. The highest BCUT2D eigenvalue weighted by Gasteiger charge is 2.19. The van der Waals surface area contributed by atoms with Gasteiger partial charge in [-0.1, -0.05) is 6.07 Å². The van der Waals surface area contributed by atoms with Crippen molar-refractivity contribution in [2.75, 3.05) is 17.7 Å². The molecule has 0 radical (unpaired) electrons. The molecule has 0 aliphatic rings. The van der Waals surface area contributed by atoms with E-state index in [9.17, 15) is 24.8 Å². The lowest BCUT2D eigenvalue weighted by atomic mass is 10.2. The molecule has 0 saturated carbocycles. The van der Waals surface area contributed by atoms with Gasteiger partial charge in [-0.2, -0.15) is 0 Å². The molecule has 0 aromatic heterocycles. The molecule has 2 amide bonds. The van der Waals surface area contributed by atoms with E-state index in [0.717, 1.165) is 11.6 Å². The minimum Gasteiger partial charge on any atom is -0.506 e. The molecule has 130 valence electrons. The molecule has 3 N–H and O–H groups in total. The van der Waals surface area contributed by atoms with E-state index in [0.29, 0.717) is 0 Å². The van der Waals surface area contributed by atoms with Gasteiger partial charge in [-0.3, -0.25) is 19.7 Å². The van der Waals surface area contributed by atoms with E-state index in [4.69, 9.17) is 4.74 Å². The number of nitrogens with zero attached hydrogens (tertiary/aromatic N) is 1. The Morgan fingerprint density at radius 1 is 1.08 bits per heavy atom. The molecule has 0 bridgehead atoms. The Kier molecular flexibility index (Phi) is 5.18. The minimum atomic E-state index is -1.07. The number of hydrogen-bond acceptors (Lipinski definition) is 6. The van der Waals surface area contributed by atoms with Gasteiger partial charge in [0.1, 0.15) is 11.5 Å². The first-order valence-corrected chi connectivity index (χ1v) is 7.06. The fourth-order valence-corrected chi connectivity index (χ4v) is 2.01. The number of carbonyl (C=O) groups is 2. The zero-order valence-electron chi connectivity index (χ0n) is 13.4. The summed E-state index contributed by atoms with van der Waals surface area (Å²) >= 11 is 0. The van der Waals surface area contributed by atoms with Gasteiger partial charge >= 0.3 is 11.8 Å². The monoisotopic (exact) mass is 345 g/mol. The van der Waals surface area contributed by atoms with Crippen molar-refractivity contribution in [3.05, 3.63) is 52.1 Å². The predicted molar refractivity (Wildman–Crippen MR) is 89.8 cm³/mol. The normalized spacial score (nSPS) is 10.0. The van der Waals surface area contributed by atoms with Crippen LogP contribution in [-0.2, 0) is 9.59 Å². The SMILES string of the molecule is COc1ccc([N+](=O)[O-])cc1NC(=O)C(=O)Nc1ccc(C)cc1O. The van der Waals surface area contributed by atoms with Crippen LogP contribution in [0.5, 0.6) is 11.5 Å². The van der Waals surface area contributed by atoms with E-state index in [-0.39, 0.29) is 28.6 Å². The number of carbonyl (C=O) groups excluding carboxylic acids is 2. The van der Waals surface area contributed by atoms with Crippen LogP contribution in [0.2, 0.25) is 0 Å². The molecule has 9 nitrogen and oxygen atoms in total. The first kappa shape index (κ1) is 17.7. The largest absolute Gasteiger partial charge is 0.506 e. The molecule has 0 atom stereocenters. The molecule has 0 aliphatic carbocycles. The molecule has 0 fully saturated rings. The second kappa shape index (κ2) is 7.30. The highest BCUT2D eigenvalue weighted by Crippen LogP contribution is 2.29. The second-order valence-electron chi connectivity index (χ2n) is 5.07. The van der Waals surface area contributed by atoms with Crippen LogP contribution >= 0.6 is 0 Å². The number of benzene rings is 2. The highest BCUT2D eigenvalue weighted by atomic mass is 16.6. The number of phenolic OH excluding ortho intramolecular Hbond substituents is 1. The summed E-state index contributed by atoms with van der Waals surface area (Å²) < 4.78 is 5.00. The van der Waals surface area contributed by atoms with E-state index in [1.807, 2.05) is 0 Å². The minimum absolute atomic E-state index is 0.0232. The molecule has 2 aromatic rings. The van der Waals surface area contributed by atoms with Crippen LogP contribution in [-0.4, -0.2) is 29.0 Å². The lowest BCUT2D eigenvalue weighted by Crippen LogP contribution is -2.29. The summed E-state index contributed by atoms with van der Waals surface area (Å²) in [6.07, 6.45) is 0. The molecule has 25 heavy (non-hydrogen) atoms. The molecule has 0 unspecified atom stereocenters. The number of rotatable bonds is 4. The third-order valence-electron chi connectivity index (χ3n) is 3.25. The predicted octanol–water partition coefficient (Wildman–Crippen LogP) is 2.19. The second-order valence-corrected chi connectivity index (χ2v) is 5.07. The van der Waals surface area contributed by atoms with Crippen LogP contribution in [0.1, 0.15) is 5.56 Å². The van der Waals surface area contributed by atoms with Gasteiger partial charge in [-0.05, 0) is 30.7 Å². The number of non-ortho nitro benzene ring substituents is 1. The summed E-state index contributed by atoms with van der Waals surface area (Å²) in [5.74, 6) is -2.15. The van der Waals surface area contributed by atoms with Crippen LogP contribution in [0.25, 0.3) is 0 Å². The van der Waals surface area contributed by atoms with Crippen molar-refractivity contribution in [2.24, 2.45) is 0 Å². The lowest BCUT2D eigenvalue weighted by Gasteiger charge is -2.11. The van der Waals surface area contributed by atoms with Crippen LogP contribution in [0.3, 0.4) is 0 Å². The molecular formula is C16H15N3O6. The van der Waals surface area contributed by atoms with Gasteiger partial charge < -0.3 is 20.5 Å². The van der Waals surface area contributed by atoms with E-state index in [2.05, 4.69) is 10.6 Å². The van der Waals surface area contributed by atoms with Gasteiger partial charge in [0, 0.05) is 12.1 Å². The maximum absolute atomic E-state index is 12.0. The van der Waals surface area contributed by atoms with Crippen molar-refractivity contribution >= 4 is 28.9 Å². The van der Waals surface area contributed by atoms with Crippen LogP contribution in [0, 0.1) is 17.0 Å². The first-order valence-electron chi connectivity index (χ1n) is 7.06. The van der Waals surface area contributed by atoms with Gasteiger partial charge in [0.2, 0.25) is 0 Å². The van der Waals surface area contributed by atoms with Crippen molar-refractivity contribution in [1.82, 2.24) is 0 Å². The smallest absolute Gasteiger partial charge is 0.314 e. The third kappa shape index (κ3) is 4.22. The zero-order valence-corrected chi connectivity index (χ0v) is 13.4. The third-order valence-corrected chi connectivity index (χ3v) is 3.25. The number of phenols is 1. The van der Waals surface area contributed by atoms with Crippen molar-refractivity contribution in [3.8, 4) is 11.5 Å². The number of ether oxygens (including phenoxy) is 1. The van der Waals surface area contributed by atoms with Gasteiger partial charge in [-0.25, -0.2) is 0 Å². The lowest BCUT2D eigenvalue weighted by molar-refractivity contribution is -0.384. The van der Waals surface area contributed by atoms with Crippen molar-refractivity contribution in [3.63, 3.8) is 0 Å². The molecular weight excluding hydrogens is 330 g/mol. The molecule has 2 rings (SSSR count). The van der Waals surface area contributed by atoms with E-state index in [1.165, 1.54) is 31.4 Å². The number of amides is 2. The molecule has 0 saturated heterocycles. The number of anilines is 2. The summed E-state index contributed by atoms with van der Waals surface area (Å²) in [7, 11) is 1.32. The topological polar surface area (TPSA) is 131 Å². The number of nitro groups is 1. The first-order chi connectivity index (χ1) is 11.8. The summed E-state index contributed by atoms with van der Waals surface area (Å²) in [4.78, 5) is 34.2. The van der Waals surface area contributed by atoms with Gasteiger partial charge in [0.25, 0.3) is 5.69 Å². The van der Waals surface area contributed by atoms with Crippen LogP contribution < -0.4 is 15.4 Å². The Balaban J connectivity index is 2.17. The molecule has 0 spiro atoms. The Labute approximate surface area is 142 Å². The fourth-order valence-electron chi connectivity index (χ4n) is 2.01. The summed E-state index contributed by atoms with van der Waals surface area (Å²) in [5.41, 5.74) is 0.552. The van der Waals surface area contributed by atoms with E-state index in [1.54, 1.807) is 13.0 Å². The standard InChI is InChI=1S/C16H15N3O6/c1-9-3-5-11(13(20)7-9)17-15(21)16(22)18-12-8-10(19(23)24)4-6-14(12)25-2/h3-8,20H,1-2H3,(H,17,21)(H,18,22). The number of aromatic hydroxyl groups is 1. The Morgan fingerprint density at radius 3 is 2.28 bits per heavy atom. The van der Waals surface area contributed by atoms with Gasteiger partial charge in [-0.15, -0.1) is 0 Å². The van der Waals surface area contributed by atoms with Crippen LogP contribution in [0.4, 0.5) is 17.1 Å². The Bertz CT molecular complexity index is 850. The summed E-state index contributed by atoms with van der Waals surface area (Å²) in [6, 6.07) is 8.11. The number of nitro benzene ring substituents is 1. The maximum atomic E-state index is 12.0. The highest BCUT2D eigenvalue weighted by molar-refractivity contribution is 6.44. The van der Waals surface area contributed by atoms with Gasteiger partial charge in [0.05, 0.1) is 23.4 Å². The molecule has 9 heteroatoms. The zero-order chi connectivity index (χ0) is 18.6. The quantitative estimate of drug-likeness (QED) is 0.337. The average Bonchev–Trinajstić information content (AvgIpc) is 2.57. The Morgan fingerprint density at radius 2 is 1.72 bits per heavy atom. The maximum Gasteiger partial charge on any atom is 0.314 e. The fraction of sp³-hybridized carbons (Fsp3) is 0.125. The molecule has 0 heterocycles. The molecule has 2 aromatic carbocycles. The number of hydrogen-bond donors (Lipinski definition) is 3. The van der Waals surface area contributed by atoms with Crippen molar-refractivity contribution in [1.29, 1.82) is 0 Å². The van der Waals surface area contributed by atoms with Gasteiger partial charge in [0.15, 0.2) is 0 Å². The van der Waals surface area contributed by atoms with Crippen LogP contribution in [0.15, 0.2) is 36.4 Å². The van der Waals surface area contributed by atoms with Crippen molar-refractivity contribution in [2.45, 2.75) is 6.92 Å². The summed E-state index contributed by atoms with van der Waals surface area (Å²) in [5, 5.41) is 25.1. The number of nitrogens with one attached hydrogen (secondary N) is 2. The molecule has 0 aliphatic heterocycles.